The Morgan fingerprint density at radius 1 is 0.871 bits per heavy atom. The number of azo groups is 1. The molecule has 1 aliphatic carbocycles. The van der Waals surface area contributed by atoms with Gasteiger partial charge in [0.05, 0.1) is 18.4 Å². The minimum absolute atomic E-state index is 0.0440. The molecule has 3 aromatic carbocycles. The largest absolute Gasteiger partial charge is 0.506 e. The van der Waals surface area contributed by atoms with Gasteiger partial charge in [-0.05, 0) is 29.3 Å². The van der Waals surface area contributed by atoms with E-state index in [1.165, 1.54) is 0 Å². The van der Waals surface area contributed by atoms with Crippen LogP contribution in [0.1, 0.15) is 39.0 Å². The van der Waals surface area contributed by atoms with Gasteiger partial charge in [-0.25, -0.2) is 0 Å². The summed E-state index contributed by atoms with van der Waals surface area (Å²) in [5.74, 6) is 0.316. The van der Waals surface area contributed by atoms with Crippen LogP contribution >= 0.6 is 0 Å². The molecule has 0 unspecified atom stereocenters. The number of fused-ring (bicyclic) bond motifs is 1. The van der Waals surface area contributed by atoms with Gasteiger partial charge in [0.25, 0.3) is 0 Å². The molecule has 0 saturated heterocycles. The number of allylic oxidation sites excluding steroid dienone is 1. The standard InChI is InChI=1S/C26H20N2O3/c1-31-18-11-7-10-17(14-18)24-21(16-8-3-2-4-9-16)15-22(27-28-24)23-25(29)19-12-5-6-13-20(19)26(23)30/h2-15,21,24,29H,1H3/t21-,24+/m1/s1. The van der Waals surface area contributed by atoms with Gasteiger partial charge in [-0.1, -0.05) is 66.7 Å². The number of carbonyl (C=O) groups excluding carboxylic acids is 1. The van der Waals surface area contributed by atoms with E-state index in [1.54, 1.807) is 31.4 Å². The Kier molecular flexibility index (Phi) is 4.71. The number of rotatable bonds is 4. The second kappa shape index (κ2) is 7.69. The Morgan fingerprint density at radius 2 is 1.58 bits per heavy atom. The maximum Gasteiger partial charge on any atom is 0.199 e. The van der Waals surface area contributed by atoms with Crippen LogP contribution in [-0.4, -0.2) is 18.0 Å². The highest BCUT2D eigenvalue weighted by molar-refractivity contribution is 6.22. The molecular formula is C26H20N2O3. The average molecular weight is 408 g/mol. The van der Waals surface area contributed by atoms with Crippen molar-refractivity contribution in [3.8, 4) is 5.75 Å². The molecule has 1 heterocycles. The lowest BCUT2D eigenvalue weighted by molar-refractivity contribution is 0.103. The number of hydrogen-bond acceptors (Lipinski definition) is 5. The smallest absolute Gasteiger partial charge is 0.199 e. The van der Waals surface area contributed by atoms with Gasteiger partial charge in [0, 0.05) is 17.0 Å². The first-order valence-electron chi connectivity index (χ1n) is 10.1. The molecule has 5 nitrogen and oxygen atoms in total. The Bertz CT molecular complexity index is 1260. The van der Waals surface area contributed by atoms with E-state index in [1.807, 2.05) is 60.7 Å². The average Bonchev–Trinajstić information content (AvgIpc) is 3.09. The maximum absolute atomic E-state index is 13.0. The van der Waals surface area contributed by atoms with Crippen molar-refractivity contribution in [2.24, 2.45) is 10.2 Å². The highest BCUT2D eigenvalue weighted by Gasteiger charge is 2.35. The van der Waals surface area contributed by atoms with Crippen molar-refractivity contribution < 1.29 is 14.6 Å². The van der Waals surface area contributed by atoms with Crippen LogP contribution in [0.4, 0.5) is 0 Å². The summed E-state index contributed by atoms with van der Waals surface area (Å²) in [5.41, 5.74) is 3.63. The zero-order valence-electron chi connectivity index (χ0n) is 16.9. The summed E-state index contributed by atoms with van der Waals surface area (Å²) < 4.78 is 5.38. The third kappa shape index (κ3) is 3.24. The van der Waals surface area contributed by atoms with Gasteiger partial charge in [0.1, 0.15) is 17.6 Å². The van der Waals surface area contributed by atoms with Crippen molar-refractivity contribution in [1.82, 2.24) is 0 Å². The summed E-state index contributed by atoms with van der Waals surface area (Å²) in [5, 5.41) is 19.8. The van der Waals surface area contributed by atoms with E-state index < -0.39 is 0 Å². The maximum atomic E-state index is 13.0. The number of Topliss-reactive ketones (excluding diaryl/α,β-unsaturated/α-hetero) is 1. The molecule has 5 heteroatoms. The number of hydrogen-bond donors (Lipinski definition) is 1. The van der Waals surface area contributed by atoms with Crippen molar-refractivity contribution in [3.05, 3.63) is 118 Å². The first kappa shape index (κ1) is 19.0. The van der Waals surface area contributed by atoms with Crippen LogP contribution in [0.5, 0.6) is 5.75 Å². The minimum atomic E-state index is -0.275. The number of benzene rings is 3. The molecule has 152 valence electrons. The van der Waals surface area contributed by atoms with Crippen molar-refractivity contribution in [2.75, 3.05) is 7.11 Å². The minimum Gasteiger partial charge on any atom is -0.506 e. The monoisotopic (exact) mass is 408 g/mol. The molecule has 1 N–H and O–H groups in total. The van der Waals surface area contributed by atoms with Gasteiger partial charge in [-0.2, -0.15) is 10.2 Å². The number of aliphatic hydroxyl groups is 1. The topological polar surface area (TPSA) is 71.2 Å². The summed E-state index contributed by atoms with van der Waals surface area (Å²) in [6.45, 7) is 0. The molecule has 1 aliphatic heterocycles. The van der Waals surface area contributed by atoms with Crippen LogP contribution in [0.15, 0.2) is 106 Å². The number of nitrogens with zero attached hydrogens (tertiary/aromatic N) is 2. The van der Waals surface area contributed by atoms with E-state index in [2.05, 4.69) is 10.2 Å². The van der Waals surface area contributed by atoms with E-state index in [0.717, 1.165) is 16.9 Å². The molecule has 0 bridgehead atoms. The summed E-state index contributed by atoms with van der Waals surface area (Å²) in [7, 11) is 1.63. The summed E-state index contributed by atoms with van der Waals surface area (Å²) in [6.07, 6.45) is 1.93. The molecule has 0 amide bonds. The Hall–Kier alpha value is -3.99. The van der Waals surface area contributed by atoms with Gasteiger partial charge in [0.15, 0.2) is 5.78 Å². The Morgan fingerprint density at radius 3 is 2.32 bits per heavy atom. The fraction of sp³-hybridized carbons (Fsp3) is 0.115. The molecule has 0 fully saturated rings. The third-order valence-electron chi connectivity index (χ3n) is 5.73. The van der Waals surface area contributed by atoms with E-state index in [4.69, 9.17) is 4.74 Å². The second-order valence-corrected chi connectivity index (χ2v) is 7.52. The lowest BCUT2D eigenvalue weighted by atomic mass is 9.85. The summed E-state index contributed by atoms with van der Waals surface area (Å²) in [4.78, 5) is 13.0. The van der Waals surface area contributed by atoms with E-state index in [-0.39, 0.29) is 29.1 Å². The normalized spacial score (nSPS) is 19.9. The van der Waals surface area contributed by atoms with Crippen LogP contribution in [-0.2, 0) is 0 Å². The Labute approximate surface area is 180 Å². The lowest BCUT2D eigenvalue weighted by Crippen LogP contribution is -2.13. The highest BCUT2D eigenvalue weighted by Crippen LogP contribution is 2.44. The fourth-order valence-electron chi connectivity index (χ4n) is 4.18. The first-order chi connectivity index (χ1) is 15.2. The van der Waals surface area contributed by atoms with E-state index in [9.17, 15) is 9.90 Å². The number of carbonyl (C=O) groups is 1. The molecule has 0 aromatic heterocycles. The van der Waals surface area contributed by atoms with Gasteiger partial charge in [-0.3, -0.25) is 4.79 Å². The molecule has 3 aromatic rings. The second-order valence-electron chi connectivity index (χ2n) is 7.52. The molecule has 0 saturated carbocycles. The van der Waals surface area contributed by atoms with Gasteiger partial charge >= 0.3 is 0 Å². The van der Waals surface area contributed by atoms with Crippen molar-refractivity contribution in [3.63, 3.8) is 0 Å². The number of methoxy groups -OCH3 is 1. The molecule has 31 heavy (non-hydrogen) atoms. The summed E-state index contributed by atoms with van der Waals surface area (Å²) in [6, 6.07) is 24.5. The van der Waals surface area contributed by atoms with E-state index in [0.29, 0.717) is 16.8 Å². The van der Waals surface area contributed by atoms with Crippen LogP contribution in [0.3, 0.4) is 0 Å². The van der Waals surface area contributed by atoms with E-state index >= 15 is 0 Å². The fourth-order valence-corrected chi connectivity index (χ4v) is 4.18. The third-order valence-corrected chi connectivity index (χ3v) is 5.73. The number of ketones is 1. The zero-order valence-corrected chi connectivity index (χ0v) is 16.9. The predicted molar refractivity (Wildman–Crippen MR) is 118 cm³/mol. The SMILES string of the molecule is COc1cccc([C@@H]2N=NC(C3=C(O)c4ccccc4C3=O)=C[C@@H]2c2ccccc2)c1. The molecule has 5 rings (SSSR count). The van der Waals surface area contributed by atoms with Crippen molar-refractivity contribution >= 4 is 11.5 Å². The molecular weight excluding hydrogens is 388 g/mol. The first-order valence-corrected chi connectivity index (χ1v) is 10.1. The van der Waals surface area contributed by atoms with Crippen LogP contribution in [0.25, 0.3) is 5.76 Å². The molecule has 2 aliphatic rings. The number of ether oxygens (including phenoxy) is 1. The lowest BCUT2D eigenvalue weighted by Gasteiger charge is -2.25. The predicted octanol–water partition coefficient (Wildman–Crippen LogP) is 6.04. The van der Waals surface area contributed by atoms with Crippen LogP contribution in [0.2, 0.25) is 0 Å². The highest BCUT2D eigenvalue weighted by atomic mass is 16.5. The number of aliphatic hydroxyl groups excluding tert-OH is 1. The van der Waals surface area contributed by atoms with Gasteiger partial charge in [-0.15, -0.1) is 0 Å². The molecule has 2 atom stereocenters. The van der Waals surface area contributed by atoms with Crippen molar-refractivity contribution in [1.29, 1.82) is 0 Å². The molecule has 0 radical (unpaired) electrons. The van der Waals surface area contributed by atoms with Crippen molar-refractivity contribution in [2.45, 2.75) is 12.0 Å². The quantitative estimate of drug-likeness (QED) is 0.572. The zero-order chi connectivity index (χ0) is 21.4. The van der Waals surface area contributed by atoms with Gasteiger partial charge < -0.3 is 9.84 Å². The Balaban J connectivity index is 1.60. The van der Waals surface area contributed by atoms with Gasteiger partial charge in [0.2, 0.25) is 0 Å². The molecule has 0 spiro atoms. The van der Waals surface area contributed by atoms with Crippen LogP contribution < -0.4 is 4.74 Å². The van der Waals surface area contributed by atoms with Crippen LogP contribution in [0, 0.1) is 0 Å². The summed E-state index contributed by atoms with van der Waals surface area (Å²) >= 11 is 0.